The van der Waals surface area contributed by atoms with Crippen molar-refractivity contribution in [1.29, 1.82) is 5.26 Å². The minimum Gasteiger partial charge on any atom is -0.496 e. The van der Waals surface area contributed by atoms with E-state index in [1.54, 1.807) is 36.4 Å². The Hall–Kier alpha value is -2.77. The Morgan fingerprint density at radius 2 is 1.86 bits per heavy atom. The van der Waals surface area contributed by atoms with Gasteiger partial charge in [-0.25, -0.2) is 4.79 Å². The van der Waals surface area contributed by atoms with E-state index in [4.69, 9.17) is 21.4 Å². The molecule has 0 aromatic heterocycles. The number of hydrogen-bond acceptors (Lipinski definition) is 3. The molecule has 0 unspecified atom stereocenters. The average molecular weight is 314 g/mol. The molecule has 5 heteroatoms. The smallest absolute Gasteiger partial charge is 0.335 e. The van der Waals surface area contributed by atoms with Gasteiger partial charge in [-0.15, -0.1) is 0 Å². The van der Waals surface area contributed by atoms with Crippen molar-refractivity contribution < 1.29 is 14.6 Å². The number of carboxylic acids is 1. The first-order chi connectivity index (χ1) is 10.5. The lowest BCUT2D eigenvalue weighted by Crippen LogP contribution is -1.95. The SMILES string of the molecule is COc1ccc(Cl)cc1/C=C(/C#N)c1ccc(C(=O)O)cc1. The van der Waals surface area contributed by atoms with Crippen molar-refractivity contribution in [2.45, 2.75) is 0 Å². The third kappa shape index (κ3) is 3.46. The highest BCUT2D eigenvalue weighted by atomic mass is 35.5. The summed E-state index contributed by atoms with van der Waals surface area (Å²) in [6, 6.07) is 13.3. The number of nitrogens with zero attached hydrogens (tertiary/aromatic N) is 1. The topological polar surface area (TPSA) is 70.3 Å². The van der Waals surface area contributed by atoms with Crippen LogP contribution in [0.5, 0.6) is 5.75 Å². The highest BCUT2D eigenvalue weighted by Crippen LogP contribution is 2.27. The van der Waals surface area contributed by atoms with E-state index >= 15 is 0 Å². The minimum absolute atomic E-state index is 0.168. The summed E-state index contributed by atoms with van der Waals surface area (Å²) in [7, 11) is 1.54. The first-order valence-corrected chi connectivity index (χ1v) is 6.72. The quantitative estimate of drug-likeness (QED) is 0.681. The molecule has 0 aliphatic heterocycles. The van der Waals surface area contributed by atoms with Crippen LogP contribution in [0.15, 0.2) is 42.5 Å². The number of aromatic carboxylic acids is 1. The van der Waals surface area contributed by atoms with Crippen LogP contribution >= 0.6 is 11.6 Å². The van der Waals surface area contributed by atoms with Gasteiger partial charge in [0, 0.05) is 10.6 Å². The van der Waals surface area contributed by atoms with Crippen molar-refractivity contribution >= 4 is 29.2 Å². The van der Waals surface area contributed by atoms with Crippen LogP contribution in [0, 0.1) is 11.3 Å². The molecule has 2 rings (SSSR count). The summed E-state index contributed by atoms with van der Waals surface area (Å²) in [4.78, 5) is 10.9. The number of allylic oxidation sites excluding steroid dienone is 1. The lowest BCUT2D eigenvalue weighted by atomic mass is 10.0. The molecule has 0 saturated heterocycles. The minimum atomic E-state index is -1.01. The van der Waals surface area contributed by atoms with Crippen LogP contribution < -0.4 is 4.74 Å². The second-order valence-corrected chi connectivity index (χ2v) is 4.88. The molecular weight excluding hydrogens is 302 g/mol. The van der Waals surface area contributed by atoms with Gasteiger partial charge in [0.05, 0.1) is 24.3 Å². The second-order valence-electron chi connectivity index (χ2n) is 4.44. The van der Waals surface area contributed by atoms with Gasteiger partial charge in [0.2, 0.25) is 0 Å². The summed E-state index contributed by atoms with van der Waals surface area (Å²) in [5.41, 5.74) is 1.85. The fraction of sp³-hybridized carbons (Fsp3) is 0.0588. The molecule has 0 amide bonds. The number of hydrogen-bond donors (Lipinski definition) is 1. The van der Waals surface area contributed by atoms with E-state index in [1.165, 1.54) is 19.2 Å². The molecule has 0 bridgehead atoms. The third-order valence-corrected chi connectivity index (χ3v) is 3.29. The van der Waals surface area contributed by atoms with Gasteiger partial charge in [-0.2, -0.15) is 5.26 Å². The van der Waals surface area contributed by atoms with Gasteiger partial charge in [0.15, 0.2) is 0 Å². The lowest BCUT2D eigenvalue weighted by Gasteiger charge is -2.06. The largest absolute Gasteiger partial charge is 0.496 e. The maximum absolute atomic E-state index is 10.9. The van der Waals surface area contributed by atoms with E-state index < -0.39 is 5.97 Å². The van der Waals surface area contributed by atoms with Crippen LogP contribution in [-0.4, -0.2) is 18.2 Å². The Balaban J connectivity index is 2.46. The zero-order chi connectivity index (χ0) is 16.1. The first-order valence-electron chi connectivity index (χ1n) is 6.34. The molecule has 2 aromatic rings. The monoisotopic (exact) mass is 313 g/mol. The van der Waals surface area contributed by atoms with Crippen LogP contribution in [-0.2, 0) is 0 Å². The Morgan fingerprint density at radius 1 is 1.23 bits per heavy atom. The number of carboxylic acid groups (broad SMARTS) is 1. The van der Waals surface area contributed by atoms with Gasteiger partial charge in [0.1, 0.15) is 5.75 Å². The summed E-state index contributed by atoms with van der Waals surface area (Å²) in [5, 5.41) is 18.8. The molecule has 1 N–H and O–H groups in total. The van der Waals surface area contributed by atoms with Gasteiger partial charge in [0.25, 0.3) is 0 Å². The van der Waals surface area contributed by atoms with Crippen molar-refractivity contribution in [3.8, 4) is 11.8 Å². The fourth-order valence-corrected chi connectivity index (χ4v) is 2.13. The van der Waals surface area contributed by atoms with Crippen molar-refractivity contribution in [3.05, 3.63) is 64.2 Å². The molecule has 0 heterocycles. The summed E-state index contributed by atoms with van der Waals surface area (Å²) in [6.45, 7) is 0. The molecule has 110 valence electrons. The molecule has 22 heavy (non-hydrogen) atoms. The highest BCUT2D eigenvalue weighted by molar-refractivity contribution is 6.30. The summed E-state index contributed by atoms with van der Waals surface area (Å²) < 4.78 is 5.24. The molecule has 0 radical (unpaired) electrons. The van der Waals surface area contributed by atoms with Gasteiger partial charge in [-0.3, -0.25) is 0 Å². The van der Waals surface area contributed by atoms with Crippen molar-refractivity contribution in [2.75, 3.05) is 7.11 Å². The van der Waals surface area contributed by atoms with E-state index in [-0.39, 0.29) is 5.56 Å². The van der Waals surface area contributed by atoms with Crippen LogP contribution in [0.4, 0.5) is 0 Å². The second kappa shape index (κ2) is 6.79. The van der Waals surface area contributed by atoms with Gasteiger partial charge < -0.3 is 9.84 Å². The number of rotatable bonds is 4. The third-order valence-electron chi connectivity index (χ3n) is 3.05. The van der Waals surface area contributed by atoms with Gasteiger partial charge in [-0.05, 0) is 42.0 Å². The molecule has 0 spiro atoms. The average Bonchev–Trinajstić information content (AvgIpc) is 2.53. The van der Waals surface area contributed by atoms with Gasteiger partial charge >= 0.3 is 5.97 Å². The fourth-order valence-electron chi connectivity index (χ4n) is 1.95. The lowest BCUT2D eigenvalue weighted by molar-refractivity contribution is 0.0697. The van der Waals surface area contributed by atoms with Crippen LogP contribution in [0.25, 0.3) is 11.6 Å². The van der Waals surface area contributed by atoms with E-state index in [0.29, 0.717) is 27.5 Å². The standard InChI is InChI=1S/C17H12ClNO3/c1-22-16-7-6-15(18)9-13(16)8-14(10-19)11-2-4-12(5-3-11)17(20)21/h2-9H,1H3,(H,20,21)/b14-8-. The van der Waals surface area contributed by atoms with Crippen LogP contribution in [0.1, 0.15) is 21.5 Å². The van der Waals surface area contributed by atoms with Crippen molar-refractivity contribution in [2.24, 2.45) is 0 Å². The molecule has 4 nitrogen and oxygen atoms in total. The van der Waals surface area contributed by atoms with Crippen molar-refractivity contribution in [1.82, 2.24) is 0 Å². The number of methoxy groups -OCH3 is 1. The number of ether oxygens (including phenoxy) is 1. The summed E-state index contributed by atoms with van der Waals surface area (Å²) in [5.74, 6) is -0.412. The molecule has 0 fully saturated rings. The first kappa shape index (κ1) is 15.6. The van der Waals surface area contributed by atoms with E-state index in [2.05, 4.69) is 6.07 Å². The maximum atomic E-state index is 10.9. The number of halogens is 1. The van der Waals surface area contributed by atoms with E-state index in [9.17, 15) is 10.1 Å². The predicted molar refractivity (Wildman–Crippen MR) is 84.9 cm³/mol. The Morgan fingerprint density at radius 3 is 2.41 bits per heavy atom. The molecule has 0 aliphatic rings. The number of carbonyl (C=O) groups is 1. The number of nitriles is 1. The highest BCUT2D eigenvalue weighted by Gasteiger charge is 2.07. The van der Waals surface area contributed by atoms with E-state index in [1.807, 2.05) is 0 Å². The normalized spacial score (nSPS) is 10.9. The van der Waals surface area contributed by atoms with Gasteiger partial charge in [-0.1, -0.05) is 23.7 Å². The molecular formula is C17H12ClNO3. The van der Waals surface area contributed by atoms with E-state index in [0.717, 1.165) is 0 Å². The maximum Gasteiger partial charge on any atom is 0.335 e. The van der Waals surface area contributed by atoms with Crippen molar-refractivity contribution in [3.63, 3.8) is 0 Å². The number of benzene rings is 2. The molecule has 0 atom stereocenters. The molecule has 0 saturated carbocycles. The Labute approximate surface area is 132 Å². The predicted octanol–water partition coefficient (Wildman–Crippen LogP) is 4.11. The summed E-state index contributed by atoms with van der Waals surface area (Å²) in [6.07, 6.45) is 1.65. The molecule has 2 aromatic carbocycles. The Bertz CT molecular complexity index is 773. The summed E-state index contributed by atoms with van der Waals surface area (Å²) >= 11 is 5.97. The zero-order valence-corrected chi connectivity index (χ0v) is 12.5. The Kier molecular flexibility index (Phi) is 4.82. The van der Waals surface area contributed by atoms with Crippen LogP contribution in [0.2, 0.25) is 5.02 Å². The zero-order valence-electron chi connectivity index (χ0n) is 11.7. The van der Waals surface area contributed by atoms with Crippen LogP contribution in [0.3, 0.4) is 0 Å². The molecule has 0 aliphatic carbocycles.